The van der Waals surface area contributed by atoms with E-state index in [1.54, 1.807) is 0 Å². The van der Waals surface area contributed by atoms with Crippen LogP contribution in [-0.2, 0) is 13.9 Å². The van der Waals surface area contributed by atoms with Crippen molar-refractivity contribution in [2.75, 3.05) is 18.9 Å². The Morgan fingerprint density at radius 3 is 2.21 bits per heavy atom. The zero-order valence-corrected chi connectivity index (χ0v) is 16.8. The fourth-order valence-electron chi connectivity index (χ4n) is 2.13. The number of hydrogen-bond donors (Lipinski definition) is 3. The lowest BCUT2D eigenvalue weighted by Crippen LogP contribution is -2.00. The third kappa shape index (κ3) is 15.3. The van der Waals surface area contributed by atoms with Gasteiger partial charge in [0, 0.05) is 0 Å². The predicted molar refractivity (Wildman–Crippen MR) is 98.4 cm³/mol. The third-order valence-corrected chi connectivity index (χ3v) is 7.28. The number of ether oxygens (including phenoxy) is 1. The maximum atomic E-state index is 11.5. The van der Waals surface area contributed by atoms with E-state index in [1.807, 2.05) is 13.0 Å². The summed E-state index contributed by atoms with van der Waals surface area (Å²) in [5.41, 5.74) is 2.53. The van der Waals surface area contributed by atoms with Crippen molar-refractivity contribution in [1.82, 2.24) is 0 Å². The summed E-state index contributed by atoms with van der Waals surface area (Å²) in [6.07, 6.45) is 10.3. The smallest absolute Gasteiger partial charge is 0.335 e. The first-order chi connectivity index (χ1) is 11.1. The molecule has 0 bridgehead atoms. The Bertz CT molecular complexity index is 507. The molecule has 6 nitrogen and oxygen atoms in total. The van der Waals surface area contributed by atoms with E-state index in [9.17, 15) is 14.0 Å². The summed E-state index contributed by atoms with van der Waals surface area (Å²) in [6.45, 7) is 6.48. The maximum Gasteiger partial charge on any atom is 0.335 e. The lowest BCUT2D eigenvalue weighted by atomic mass is 10.1. The molecule has 0 spiro atoms. The second-order valence-corrected chi connectivity index (χ2v) is 10.7. The molecule has 0 heterocycles. The van der Waals surface area contributed by atoms with Crippen LogP contribution in [0.5, 0.6) is 0 Å². The summed E-state index contributed by atoms with van der Waals surface area (Å²) in [7, 11) is -8.45. The average molecular weight is 382 g/mol. The maximum absolute atomic E-state index is 11.5. The van der Waals surface area contributed by atoms with Crippen LogP contribution in [0.15, 0.2) is 23.3 Å². The molecule has 0 saturated heterocycles. The van der Waals surface area contributed by atoms with Gasteiger partial charge in [0.2, 0.25) is 7.37 Å². The molecule has 8 heteroatoms. The van der Waals surface area contributed by atoms with Crippen molar-refractivity contribution < 1.29 is 28.5 Å². The van der Waals surface area contributed by atoms with Gasteiger partial charge in [-0.25, -0.2) is 0 Å². The van der Waals surface area contributed by atoms with Crippen LogP contribution in [0.1, 0.15) is 59.3 Å². The quantitative estimate of drug-likeness (QED) is 0.244. The van der Waals surface area contributed by atoms with Crippen molar-refractivity contribution in [2.24, 2.45) is 0 Å². The zero-order valence-electron chi connectivity index (χ0n) is 15.0. The van der Waals surface area contributed by atoms with Gasteiger partial charge in [0.1, 0.15) is 12.3 Å². The number of hydrogen-bond acceptors (Lipinski definition) is 3. The Labute approximate surface area is 145 Å². The van der Waals surface area contributed by atoms with Crippen LogP contribution in [0.25, 0.3) is 0 Å². The molecule has 0 radical (unpaired) electrons. The molecule has 142 valence electrons. The largest absolute Gasteiger partial charge is 0.367 e. The second kappa shape index (κ2) is 12.2. The van der Waals surface area contributed by atoms with Gasteiger partial charge in [0.25, 0.3) is 0 Å². The lowest BCUT2D eigenvalue weighted by Gasteiger charge is -2.12. The molecular weight excluding hydrogens is 350 g/mol. The van der Waals surface area contributed by atoms with Gasteiger partial charge in [-0.15, -0.1) is 0 Å². The summed E-state index contributed by atoms with van der Waals surface area (Å²) < 4.78 is 27.3. The summed E-state index contributed by atoms with van der Waals surface area (Å²) >= 11 is 0. The van der Waals surface area contributed by atoms with Gasteiger partial charge in [0.15, 0.2) is 0 Å². The highest BCUT2D eigenvalue weighted by molar-refractivity contribution is 7.72. The highest BCUT2D eigenvalue weighted by Gasteiger charge is 2.29. The fraction of sp³-hybridized carbons (Fsp3) is 0.750. The molecule has 24 heavy (non-hydrogen) atoms. The minimum Gasteiger partial charge on any atom is -0.367 e. The van der Waals surface area contributed by atoms with E-state index in [4.69, 9.17) is 14.5 Å². The Balaban J connectivity index is 4.01. The first kappa shape index (κ1) is 23.8. The van der Waals surface area contributed by atoms with E-state index in [-0.39, 0.29) is 6.61 Å². The van der Waals surface area contributed by atoms with Gasteiger partial charge in [-0.2, -0.15) is 0 Å². The summed E-state index contributed by atoms with van der Waals surface area (Å²) in [4.78, 5) is 26.8. The van der Waals surface area contributed by atoms with Crippen molar-refractivity contribution in [3.05, 3.63) is 23.3 Å². The second-order valence-electron chi connectivity index (χ2n) is 6.25. The Hall–Kier alpha value is -0.220. The van der Waals surface area contributed by atoms with Crippen LogP contribution in [0.4, 0.5) is 0 Å². The molecule has 0 aliphatic carbocycles. The van der Waals surface area contributed by atoms with Gasteiger partial charge < -0.3 is 19.4 Å². The van der Waals surface area contributed by atoms with E-state index < -0.39 is 27.2 Å². The molecule has 0 rings (SSSR count). The van der Waals surface area contributed by atoms with Crippen molar-refractivity contribution in [3.8, 4) is 0 Å². The molecule has 3 N–H and O–H groups in total. The highest BCUT2D eigenvalue weighted by atomic mass is 31.2. The third-order valence-electron chi connectivity index (χ3n) is 3.45. The molecule has 0 aromatic carbocycles. The number of rotatable bonds is 13. The minimum atomic E-state index is -4.50. The molecular formula is C16H32O6P2. The first-order valence-corrected chi connectivity index (χ1v) is 12.1. The van der Waals surface area contributed by atoms with Crippen LogP contribution in [-0.4, -0.2) is 33.5 Å². The van der Waals surface area contributed by atoms with Crippen molar-refractivity contribution in [3.63, 3.8) is 0 Å². The molecule has 0 aromatic rings. The monoisotopic (exact) mass is 382 g/mol. The topological polar surface area (TPSA) is 104 Å². The Morgan fingerprint density at radius 2 is 1.62 bits per heavy atom. The van der Waals surface area contributed by atoms with Gasteiger partial charge >= 0.3 is 7.60 Å². The number of unbranched alkanes of at least 4 members (excludes halogenated alkanes) is 2. The van der Waals surface area contributed by atoms with Gasteiger partial charge in [0.05, 0.1) is 6.61 Å². The predicted octanol–water partition coefficient (Wildman–Crippen LogP) is 4.62. The molecule has 0 aliphatic heterocycles. The van der Waals surface area contributed by atoms with Crippen molar-refractivity contribution in [1.29, 1.82) is 0 Å². The summed E-state index contributed by atoms with van der Waals surface area (Å²) in [5.74, 6) is -1.04. The first-order valence-electron chi connectivity index (χ1n) is 8.30. The average Bonchev–Trinajstić information content (AvgIpc) is 2.41. The van der Waals surface area contributed by atoms with Crippen LogP contribution in [0.2, 0.25) is 0 Å². The van der Waals surface area contributed by atoms with E-state index in [0.717, 1.165) is 24.8 Å². The van der Waals surface area contributed by atoms with Gasteiger partial charge in [-0.05, 0) is 39.5 Å². The normalized spacial score (nSPS) is 16.2. The summed E-state index contributed by atoms with van der Waals surface area (Å²) in [6, 6.07) is 0. The number of allylic oxidation sites excluding steroid dienone is 3. The zero-order chi connectivity index (χ0) is 18.6. The van der Waals surface area contributed by atoms with Crippen LogP contribution < -0.4 is 0 Å². The van der Waals surface area contributed by atoms with E-state index in [0.29, 0.717) is 0 Å². The van der Waals surface area contributed by atoms with Crippen LogP contribution >= 0.6 is 15.0 Å². The molecule has 0 saturated carbocycles. The highest BCUT2D eigenvalue weighted by Crippen LogP contribution is 2.54. The lowest BCUT2D eigenvalue weighted by molar-refractivity contribution is 0.199. The molecule has 1 atom stereocenters. The fourth-order valence-corrected chi connectivity index (χ4v) is 5.15. The summed E-state index contributed by atoms with van der Waals surface area (Å²) in [5, 5.41) is 0. The van der Waals surface area contributed by atoms with Gasteiger partial charge in [-0.3, -0.25) is 9.13 Å². The van der Waals surface area contributed by atoms with E-state index in [1.165, 1.54) is 24.8 Å². The van der Waals surface area contributed by atoms with E-state index >= 15 is 0 Å². The molecule has 1 unspecified atom stereocenters. The SMILES string of the molecule is CCCCCC(C)=CCCC(C)=CCOCP(=O)(O)CP(=O)(O)O. The van der Waals surface area contributed by atoms with Gasteiger partial charge in [-0.1, -0.05) is 43.1 Å². The Morgan fingerprint density at radius 1 is 1.00 bits per heavy atom. The van der Waals surface area contributed by atoms with Crippen molar-refractivity contribution in [2.45, 2.75) is 59.3 Å². The van der Waals surface area contributed by atoms with E-state index in [2.05, 4.69) is 19.9 Å². The van der Waals surface area contributed by atoms with Crippen LogP contribution in [0.3, 0.4) is 0 Å². The minimum absolute atomic E-state index is 0.163. The molecule has 0 aliphatic rings. The molecule has 0 amide bonds. The molecule has 0 fully saturated rings. The Kier molecular flexibility index (Phi) is 12.1. The van der Waals surface area contributed by atoms with Crippen LogP contribution in [0, 0.1) is 0 Å². The standard InChI is InChI=1S/C16H32O6P2/c1-4-5-6-8-15(2)9-7-10-16(3)11-12-22-13-23(17,18)14-24(19,20)21/h9,11H,4-8,10,12-14H2,1-3H3,(H,17,18)(H2,19,20,21). The van der Waals surface area contributed by atoms with Crippen molar-refractivity contribution >= 4 is 15.0 Å². The molecule has 0 aromatic heterocycles.